The van der Waals surface area contributed by atoms with Crippen LogP contribution in [0.15, 0.2) is 0 Å². The van der Waals surface area contributed by atoms with Crippen LogP contribution in [0.4, 0.5) is 0 Å². The molecule has 0 aromatic rings. The van der Waals surface area contributed by atoms with Crippen molar-refractivity contribution >= 4 is 5.97 Å². The van der Waals surface area contributed by atoms with E-state index in [0.717, 1.165) is 39.0 Å². The van der Waals surface area contributed by atoms with Gasteiger partial charge in [-0.15, -0.1) is 0 Å². The number of nitrogens with zero attached hydrogens (tertiary/aromatic N) is 1. The van der Waals surface area contributed by atoms with Crippen molar-refractivity contribution in [2.45, 2.75) is 57.0 Å². The van der Waals surface area contributed by atoms with E-state index in [0.29, 0.717) is 18.5 Å². The highest BCUT2D eigenvalue weighted by atomic mass is 16.5. The predicted molar refractivity (Wildman–Crippen MR) is 65.1 cm³/mol. The standard InChI is InChI=1S/C13H23NO3/c15-13(16)7-6-11-4-1-2-8-14(11)12-5-3-9-17-10-12/h11-12H,1-10H2,(H,15,16). The van der Waals surface area contributed by atoms with E-state index in [9.17, 15) is 4.79 Å². The van der Waals surface area contributed by atoms with Gasteiger partial charge in [0.2, 0.25) is 0 Å². The van der Waals surface area contributed by atoms with Crippen molar-refractivity contribution in [3.05, 3.63) is 0 Å². The average molecular weight is 241 g/mol. The Hall–Kier alpha value is -0.610. The zero-order valence-electron chi connectivity index (χ0n) is 10.4. The largest absolute Gasteiger partial charge is 0.481 e. The average Bonchev–Trinajstić information content (AvgIpc) is 2.38. The van der Waals surface area contributed by atoms with Gasteiger partial charge in [0.15, 0.2) is 0 Å². The van der Waals surface area contributed by atoms with Crippen molar-refractivity contribution in [3.8, 4) is 0 Å². The maximum atomic E-state index is 10.7. The second kappa shape index (κ2) is 6.36. The molecule has 2 atom stereocenters. The van der Waals surface area contributed by atoms with E-state index in [1.807, 2.05) is 0 Å². The van der Waals surface area contributed by atoms with E-state index in [1.54, 1.807) is 0 Å². The van der Waals surface area contributed by atoms with Gasteiger partial charge >= 0.3 is 5.97 Å². The number of rotatable bonds is 4. The summed E-state index contributed by atoms with van der Waals surface area (Å²) in [6, 6.07) is 0.995. The van der Waals surface area contributed by atoms with Crippen molar-refractivity contribution in [1.82, 2.24) is 4.90 Å². The zero-order chi connectivity index (χ0) is 12.1. The normalized spacial score (nSPS) is 31.3. The van der Waals surface area contributed by atoms with E-state index >= 15 is 0 Å². The molecule has 98 valence electrons. The Kier molecular flexibility index (Phi) is 4.80. The molecule has 0 amide bonds. The van der Waals surface area contributed by atoms with E-state index < -0.39 is 5.97 Å². The molecule has 4 heteroatoms. The molecule has 0 saturated carbocycles. The highest BCUT2D eigenvalue weighted by Crippen LogP contribution is 2.26. The Balaban J connectivity index is 1.88. The van der Waals surface area contributed by atoms with E-state index in [-0.39, 0.29) is 0 Å². The Labute approximate surface area is 103 Å². The third kappa shape index (κ3) is 3.68. The van der Waals surface area contributed by atoms with Gasteiger partial charge in [0.1, 0.15) is 0 Å². The number of hydrogen-bond donors (Lipinski definition) is 1. The lowest BCUT2D eigenvalue weighted by molar-refractivity contribution is -0.137. The molecule has 1 N–H and O–H groups in total. The lowest BCUT2D eigenvalue weighted by atomic mass is 9.94. The number of hydrogen-bond acceptors (Lipinski definition) is 3. The molecule has 2 fully saturated rings. The van der Waals surface area contributed by atoms with Crippen molar-refractivity contribution < 1.29 is 14.6 Å². The molecular formula is C13H23NO3. The molecular weight excluding hydrogens is 218 g/mol. The SMILES string of the molecule is O=C(O)CCC1CCCCN1C1CCCOC1. The minimum atomic E-state index is -0.671. The molecule has 2 aliphatic rings. The van der Waals surface area contributed by atoms with Crippen LogP contribution in [-0.2, 0) is 9.53 Å². The summed E-state index contributed by atoms with van der Waals surface area (Å²) < 4.78 is 5.55. The van der Waals surface area contributed by atoms with Crippen LogP contribution in [0.25, 0.3) is 0 Å². The molecule has 2 unspecified atom stereocenters. The monoisotopic (exact) mass is 241 g/mol. The van der Waals surface area contributed by atoms with Gasteiger partial charge in [-0.1, -0.05) is 6.42 Å². The number of carboxylic acids is 1. The number of ether oxygens (including phenoxy) is 1. The number of carbonyl (C=O) groups is 1. The molecule has 2 rings (SSSR count). The quantitative estimate of drug-likeness (QED) is 0.816. The first kappa shape index (κ1) is 12.8. The Bertz CT molecular complexity index is 251. The summed E-state index contributed by atoms with van der Waals surface area (Å²) in [7, 11) is 0. The zero-order valence-corrected chi connectivity index (χ0v) is 10.4. The van der Waals surface area contributed by atoms with Crippen LogP contribution in [0.1, 0.15) is 44.9 Å². The van der Waals surface area contributed by atoms with Gasteiger partial charge in [0.05, 0.1) is 6.61 Å². The fourth-order valence-electron chi connectivity index (χ4n) is 3.09. The second-order valence-corrected chi connectivity index (χ2v) is 5.19. The molecule has 2 saturated heterocycles. The number of aliphatic carboxylic acids is 1. The molecule has 0 spiro atoms. The fourth-order valence-corrected chi connectivity index (χ4v) is 3.09. The molecule has 0 radical (unpaired) electrons. The summed E-state index contributed by atoms with van der Waals surface area (Å²) in [6.45, 7) is 2.85. The lowest BCUT2D eigenvalue weighted by Crippen LogP contribution is -2.49. The van der Waals surface area contributed by atoms with Crippen molar-refractivity contribution in [2.24, 2.45) is 0 Å². The summed E-state index contributed by atoms with van der Waals surface area (Å²) in [5, 5.41) is 8.80. The van der Waals surface area contributed by atoms with E-state index in [1.165, 1.54) is 19.3 Å². The summed E-state index contributed by atoms with van der Waals surface area (Å²) >= 11 is 0. The van der Waals surface area contributed by atoms with Gasteiger partial charge < -0.3 is 9.84 Å². The van der Waals surface area contributed by atoms with Gasteiger partial charge in [0, 0.05) is 25.1 Å². The van der Waals surface area contributed by atoms with Crippen LogP contribution in [0.5, 0.6) is 0 Å². The number of likely N-dealkylation sites (tertiary alicyclic amines) is 1. The van der Waals surface area contributed by atoms with Crippen molar-refractivity contribution in [1.29, 1.82) is 0 Å². The second-order valence-electron chi connectivity index (χ2n) is 5.19. The molecule has 17 heavy (non-hydrogen) atoms. The molecule has 2 heterocycles. The molecule has 2 aliphatic heterocycles. The Morgan fingerprint density at radius 2 is 2.18 bits per heavy atom. The van der Waals surface area contributed by atoms with Gasteiger partial charge in [-0.3, -0.25) is 9.69 Å². The molecule has 0 aliphatic carbocycles. The van der Waals surface area contributed by atoms with Crippen LogP contribution < -0.4 is 0 Å². The highest BCUT2D eigenvalue weighted by molar-refractivity contribution is 5.66. The van der Waals surface area contributed by atoms with Crippen molar-refractivity contribution in [2.75, 3.05) is 19.8 Å². The molecule has 0 bridgehead atoms. The van der Waals surface area contributed by atoms with Gasteiger partial charge in [-0.25, -0.2) is 0 Å². The summed E-state index contributed by atoms with van der Waals surface area (Å²) in [5.41, 5.74) is 0. The van der Waals surface area contributed by atoms with E-state index in [2.05, 4.69) is 4.90 Å². The molecule has 0 aromatic carbocycles. The van der Waals surface area contributed by atoms with E-state index in [4.69, 9.17) is 9.84 Å². The highest BCUT2D eigenvalue weighted by Gasteiger charge is 2.30. The Morgan fingerprint density at radius 1 is 1.29 bits per heavy atom. The summed E-state index contributed by atoms with van der Waals surface area (Å²) in [6.07, 6.45) is 7.11. The third-order valence-corrected chi connectivity index (χ3v) is 3.97. The summed E-state index contributed by atoms with van der Waals surface area (Å²) in [5.74, 6) is -0.671. The van der Waals surface area contributed by atoms with Crippen LogP contribution in [0.2, 0.25) is 0 Å². The minimum Gasteiger partial charge on any atom is -0.481 e. The molecule has 4 nitrogen and oxygen atoms in total. The topological polar surface area (TPSA) is 49.8 Å². The van der Waals surface area contributed by atoms with Gasteiger partial charge in [0.25, 0.3) is 0 Å². The number of carboxylic acid groups (broad SMARTS) is 1. The lowest BCUT2D eigenvalue weighted by Gasteiger charge is -2.42. The first-order valence-electron chi connectivity index (χ1n) is 6.82. The van der Waals surface area contributed by atoms with Crippen LogP contribution >= 0.6 is 0 Å². The molecule has 0 aromatic heterocycles. The smallest absolute Gasteiger partial charge is 0.303 e. The first-order chi connectivity index (χ1) is 8.27. The van der Waals surface area contributed by atoms with Crippen LogP contribution in [0.3, 0.4) is 0 Å². The third-order valence-electron chi connectivity index (χ3n) is 3.97. The van der Waals surface area contributed by atoms with Crippen molar-refractivity contribution in [3.63, 3.8) is 0 Å². The van der Waals surface area contributed by atoms with Crippen LogP contribution in [0, 0.1) is 0 Å². The van der Waals surface area contributed by atoms with Gasteiger partial charge in [-0.2, -0.15) is 0 Å². The number of piperidine rings is 1. The maximum absolute atomic E-state index is 10.7. The predicted octanol–water partition coefficient (Wildman–Crippen LogP) is 1.88. The Morgan fingerprint density at radius 3 is 2.88 bits per heavy atom. The first-order valence-corrected chi connectivity index (χ1v) is 6.82. The minimum absolute atomic E-state index is 0.300. The van der Waals surface area contributed by atoms with Gasteiger partial charge in [-0.05, 0) is 38.6 Å². The summed E-state index contributed by atoms with van der Waals surface area (Å²) in [4.78, 5) is 13.2. The maximum Gasteiger partial charge on any atom is 0.303 e. The van der Waals surface area contributed by atoms with Crippen LogP contribution in [-0.4, -0.2) is 47.8 Å². The fraction of sp³-hybridized carbons (Fsp3) is 0.923.